The Labute approximate surface area is 112 Å². The third-order valence-corrected chi connectivity index (χ3v) is 5.15. The summed E-state index contributed by atoms with van der Waals surface area (Å²) in [6, 6.07) is 0. The number of carbonyl (C=O) groups excluding carboxylic acids is 1. The lowest BCUT2D eigenvalue weighted by atomic mass is 9.89. The fourth-order valence-electron chi connectivity index (χ4n) is 2.73. The fraction of sp³-hybridized carbons (Fsp3) is 0.923. The number of amides is 1. The van der Waals surface area contributed by atoms with Crippen LogP contribution in [0.4, 0.5) is 0 Å². The number of ether oxygens (including phenoxy) is 1. The van der Waals surface area contributed by atoms with Crippen molar-refractivity contribution >= 4 is 21.8 Å². The van der Waals surface area contributed by atoms with E-state index in [-0.39, 0.29) is 11.8 Å². The normalized spacial score (nSPS) is 31.1. The van der Waals surface area contributed by atoms with Crippen LogP contribution < -0.4 is 5.32 Å². The van der Waals surface area contributed by atoms with Crippen molar-refractivity contribution in [2.24, 2.45) is 11.8 Å². The number of hydrogen-bond donors (Lipinski definition) is 1. The number of rotatable bonds is 3. The van der Waals surface area contributed by atoms with Gasteiger partial charge in [-0.2, -0.15) is 0 Å². The molecule has 0 spiro atoms. The Kier molecular flexibility index (Phi) is 5.29. The predicted molar refractivity (Wildman–Crippen MR) is 71.2 cm³/mol. The maximum Gasteiger partial charge on any atom is 0.223 e. The van der Waals surface area contributed by atoms with Gasteiger partial charge >= 0.3 is 0 Å². The summed E-state index contributed by atoms with van der Waals surface area (Å²) in [5.74, 6) is 1.03. The molecule has 2 rings (SSSR count). The van der Waals surface area contributed by atoms with Gasteiger partial charge in [0.2, 0.25) is 5.91 Å². The van der Waals surface area contributed by atoms with Gasteiger partial charge in [0, 0.05) is 30.5 Å². The zero-order valence-corrected chi connectivity index (χ0v) is 11.9. The Morgan fingerprint density at radius 2 is 1.88 bits per heavy atom. The van der Waals surface area contributed by atoms with Crippen LogP contribution in [0.3, 0.4) is 0 Å². The van der Waals surface area contributed by atoms with Crippen LogP contribution in [0.1, 0.15) is 38.5 Å². The first-order chi connectivity index (χ1) is 8.27. The summed E-state index contributed by atoms with van der Waals surface area (Å²) in [6.07, 6.45) is 6.88. The molecule has 0 aromatic carbocycles. The second-order valence-electron chi connectivity index (χ2n) is 5.19. The lowest BCUT2D eigenvalue weighted by Gasteiger charge is -2.28. The van der Waals surface area contributed by atoms with E-state index < -0.39 is 0 Å². The molecule has 0 radical (unpaired) electrons. The van der Waals surface area contributed by atoms with Gasteiger partial charge in [-0.3, -0.25) is 4.79 Å². The minimum atomic E-state index is 0.182. The summed E-state index contributed by atoms with van der Waals surface area (Å²) in [4.78, 5) is 12.6. The molecule has 0 aromatic rings. The molecule has 2 aliphatic rings. The van der Waals surface area contributed by atoms with Crippen LogP contribution in [0.15, 0.2) is 0 Å². The summed E-state index contributed by atoms with van der Waals surface area (Å²) >= 11 is 3.73. The van der Waals surface area contributed by atoms with Gasteiger partial charge in [-0.15, -0.1) is 0 Å². The Morgan fingerprint density at radius 1 is 1.18 bits per heavy atom. The maximum atomic E-state index is 12.0. The summed E-state index contributed by atoms with van der Waals surface area (Å²) in [7, 11) is 0. The van der Waals surface area contributed by atoms with Gasteiger partial charge in [0.25, 0.3) is 0 Å². The maximum absolute atomic E-state index is 12.0. The molecular weight excluding hydrogens is 282 g/mol. The molecule has 98 valence electrons. The van der Waals surface area contributed by atoms with Crippen molar-refractivity contribution < 1.29 is 9.53 Å². The van der Waals surface area contributed by atoms with E-state index in [2.05, 4.69) is 21.2 Å². The van der Waals surface area contributed by atoms with Crippen molar-refractivity contribution in [1.82, 2.24) is 5.32 Å². The summed E-state index contributed by atoms with van der Waals surface area (Å²) in [5.41, 5.74) is 0. The molecule has 1 aliphatic carbocycles. The van der Waals surface area contributed by atoms with Crippen LogP contribution in [0.5, 0.6) is 0 Å². The molecule has 3 nitrogen and oxygen atoms in total. The summed E-state index contributed by atoms with van der Waals surface area (Å²) in [6.45, 7) is 2.32. The average molecular weight is 304 g/mol. The first-order valence-electron chi connectivity index (χ1n) is 6.77. The fourth-order valence-corrected chi connectivity index (χ4v) is 3.50. The Morgan fingerprint density at radius 3 is 2.59 bits per heavy atom. The molecular formula is C13H22BrNO2. The van der Waals surface area contributed by atoms with Crippen molar-refractivity contribution in [2.45, 2.75) is 43.4 Å². The van der Waals surface area contributed by atoms with E-state index in [0.717, 1.165) is 32.6 Å². The van der Waals surface area contributed by atoms with Crippen LogP contribution in [0, 0.1) is 11.8 Å². The molecule has 0 bridgehead atoms. The van der Waals surface area contributed by atoms with Gasteiger partial charge in [0.15, 0.2) is 0 Å². The van der Waals surface area contributed by atoms with E-state index in [1.807, 2.05) is 0 Å². The van der Waals surface area contributed by atoms with Crippen LogP contribution in [-0.2, 0) is 9.53 Å². The lowest BCUT2D eigenvalue weighted by molar-refractivity contribution is -0.128. The molecule has 1 saturated carbocycles. The monoisotopic (exact) mass is 303 g/mol. The summed E-state index contributed by atoms with van der Waals surface area (Å²) < 4.78 is 5.27. The van der Waals surface area contributed by atoms with E-state index >= 15 is 0 Å². The van der Waals surface area contributed by atoms with Crippen LogP contribution in [0.25, 0.3) is 0 Å². The number of halogens is 1. The second kappa shape index (κ2) is 6.74. The van der Waals surface area contributed by atoms with Gasteiger partial charge in [-0.1, -0.05) is 28.8 Å². The van der Waals surface area contributed by atoms with Crippen LogP contribution in [0.2, 0.25) is 0 Å². The van der Waals surface area contributed by atoms with E-state index in [1.165, 1.54) is 25.7 Å². The van der Waals surface area contributed by atoms with Gasteiger partial charge in [0.1, 0.15) is 0 Å². The minimum absolute atomic E-state index is 0.182. The predicted octanol–water partition coefficient (Wildman–Crippen LogP) is 2.48. The summed E-state index contributed by atoms with van der Waals surface area (Å²) in [5, 5.41) is 3.13. The molecule has 4 heteroatoms. The second-order valence-corrected chi connectivity index (χ2v) is 6.37. The molecule has 1 saturated heterocycles. The van der Waals surface area contributed by atoms with E-state index in [0.29, 0.717) is 10.7 Å². The smallest absolute Gasteiger partial charge is 0.223 e. The van der Waals surface area contributed by atoms with Gasteiger partial charge in [-0.05, 0) is 31.6 Å². The molecule has 17 heavy (non-hydrogen) atoms. The Hall–Kier alpha value is -0.0900. The zero-order chi connectivity index (χ0) is 12.1. The molecule has 1 aliphatic heterocycles. The molecule has 2 fully saturated rings. The topological polar surface area (TPSA) is 38.3 Å². The van der Waals surface area contributed by atoms with E-state index in [4.69, 9.17) is 4.74 Å². The third-order valence-electron chi connectivity index (χ3n) is 3.95. The van der Waals surface area contributed by atoms with E-state index in [9.17, 15) is 4.79 Å². The van der Waals surface area contributed by atoms with Crippen molar-refractivity contribution in [1.29, 1.82) is 0 Å². The quantitative estimate of drug-likeness (QED) is 0.814. The van der Waals surface area contributed by atoms with Crippen molar-refractivity contribution in [3.8, 4) is 0 Å². The number of nitrogens with one attached hydrogen (secondary N) is 1. The highest BCUT2D eigenvalue weighted by atomic mass is 79.9. The largest absolute Gasteiger partial charge is 0.381 e. The lowest BCUT2D eigenvalue weighted by Crippen LogP contribution is -2.39. The van der Waals surface area contributed by atoms with Gasteiger partial charge in [0.05, 0.1) is 0 Å². The minimum Gasteiger partial charge on any atom is -0.381 e. The number of alkyl halides is 1. The average Bonchev–Trinajstić information content (AvgIpc) is 2.38. The molecule has 2 atom stereocenters. The molecule has 1 N–H and O–H groups in total. The molecule has 1 heterocycles. The third kappa shape index (κ3) is 3.95. The standard InChI is InChI=1S/C13H22BrNO2/c14-12-4-2-1-3-11(12)9-15-13(16)10-5-7-17-8-6-10/h10-12H,1-9H2,(H,15,16). The van der Waals surface area contributed by atoms with E-state index in [1.54, 1.807) is 0 Å². The zero-order valence-electron chi connectivity index (χ0n) is 10.3. The highest BCUT2D eigenvalue weighted by Crippen LogP contribution is 2.29. The first-order valence-corrected chi connectivity index (χ1v) is 7.68. The molecule has 0 aromatic heterocycles. The van der Waals surface area contributed by atoms with Gasteiger partial charge < -0.3 is 10.1 Å². The van der Waals surface area contributed by atoms with Crippen molar-refractivity contribution in [2.75, 3.05) is 19.8 Å². The SMILES string of the molecule is O=C(NCC1CCCCC1Br)C1CCOCC1. The first kappa shape index (κ1) is 13.3. The van der Waals surface area contributed by atoms with Crippen molar-refractivity contribution in [3.05, 3.63) is 0 Å². The van der Waals surface area contributed by atoms with Gasteiger partial charge in [-0.25, -0.2) is 0 Å². The van der Waals surface area contributed by atoms with Crippen molar-refractivity contribution in [3.63, 3.8) is 0 Å². The van der Waals surface area contributed by atoms with Crippen LogP contribution in [-0.4, -0.2) is 30.5 Å². The number of carbonyl (C=O) groups is 1. The molecule has 1 amide bonds. The highest BCUT2D eigenvalue weighted by molar-refractivity contribution is 9.09. The number of hydrogen-bond acceptors (Lipinski definition) is 2. The Bertz CT molecular complexity index is 254. The molecule has 2 unspecified atom stereocenters. The van der Waals surface area contributed by atoms with Crippen LogP contribution >= 0.6 is 15.9 Å². The highest BCUT2D eigenvalue weighted by Gasteiger charge is 2.25. The Balaban J connectivity index is 1.71.